The Morgan fingerprint density at radius 3 is 2.40 bits per heavy atom. The first-order valence-electron chi connectivity index (χ1n) is 8.34. The van der Waals surface area contributed by atoms with E-state index in [2.05, 4.69) is 24.1 Å². The van der Waals surface area contributed by atoms with Crippen molar-refractivity contribution in [1.29, 1.82) is 0 Å². The maximum absolute atomic E-state index is 12.6. The van der Waals surface area contributed by atoms with Crippen LogP contribution in [0.15, 0.2) is 0 Å². The zero-order chi connectivity index (χ0) is 14.6. The molecule has 0 bridgehead atoms. The number of carbonyl (C=O) groups is 1. The van der Waals surface area contributed by atoms with Gasteiger partial charge in [0.1, 0.15) is 5.54 Å². The Morgan fingerprint density at radius 2 is 1.95 bits per heavy atom. The maximum Gasteiger partial charge on any atom is 0.327 e. The topological polar surface area (TPSA) is 41.6 Å². The van der Waals surface area contributed by atoms with Gasteiger partial charge in [-0.15, -0.1) is 0 Å². The van der Waals surface area contributed by atoms with E-state index in [0.29, 0.717) is 18.6 Å². The quantitative estimate of drug-likeness (QED) is 0.624. The minimum atomic E-state index is -0.468. The molecule has 2 saturated carbocycles. The number of rotatable bonds is 10. The lowest BCUT2D eigenvalue weighted by Crippen LogP contribution is -2.61. The van der Waals surface area contributed by atoms with Gasteiger partial charge in [0.25, 0.3) is 0 Å². The Balaban J connectivity index is 2.12. The molecule has 0 saturated heterocycles. The average Bonchev–Trinajstić information content (AvgIpc) is 3.30. The largest absolute Gasteiger partial charge is 0.465 e. The zero-order valence-corrected chi connectivity index (χ0v) is 13.3. The van der Waals surface area contributed by atoms with E-state index in [0.717, 1.165) is 38.9 Å². The monoisotopic (exact) mass is 282 g/mol. The van der Waals surface area contributed by atoms with Crippen molar-refractivity contribution in [3.63, 3.8) is 0 Å². The zero-order valence-electron chi connectivity index (χ0n) is 13.3. The number of hydrogen-bond acceptors (Lipinski definition) is 4. The molecule has 2 fully saturated rings. The van der Waals surface area contributed by atoms with Crippen molar-refractivity contribution in [3.8, 4) is 0 Å². The molecule has 2 aliphatic rings. The molecule has 0 aromatic heterocycles. The normalized spacial score (nSPS) is 21.8. The average molecular weight is 282 g/mol. The third-order valence-electron chi connectivity index (χ3n) is 4.53. The third-order valence-corrected chi connectivity index (χ3v) is 4.53. The summed E-state index contributed by atoms with van der Waals surface area (Å²) in [7, 11) is 0. The van der Waals surface area contributed by atoms with Crippen LogP contribution in [0, 0.1) is 5.92 Å². The van der Waals surface area contributed by atoms with Crippen LogP contribution in [0.1, 0.15) is 52.9 Å². The summed E-state index contributed by atoms with van der Waals surface area (Å²) in [6, 6.07) is 0.691. The van der Waals surface area contributed by atoms with Gasteiger partial charge in [0.15, 0.2) is 0 Å². The van der Waals surface area contributed by atoms with Crippen molar-refractivity contribution in [3.05, 3.63) is 0 Å². The van der Waals surface area contributed by atoms with Crippen molar-refractivity contribution >= 4 is 5.97 Å². The molecule has 2 aliphatic carbocycles. The van der Waals surface area contributed by atoms with E-state index in [4.69, 9.17) is 4.74 Å². The number of nitrogens with one attached hydrogen (secondary N) is 1. The number of ether oxygens (including phenoxy) is 1. The van der Waals surface area contributed by atoms with Crippen molar-refractivity contribution < 1.29 is 9.53 Å². The van der Waals surface area contributed by atoms with Gasteiger partial charge in [0.2, 0.25) is 0 Å². The minimum Gasteiger partial charge on any atom is -0.465 e. The fourth-order valence-electron chi connectivity index (χ4n) is 3.08. The van der Waals surface area contributed by atoms with Crippen LogP contribution in [-0.2, 0) is 9.53 Å². The molecule has 0 aliphatic heterocycles. The standard InChI is InChI=1S/C16H30N2O2/c1-4-11-17-16(13-7-8-13,15(19)20-6-3)12-18(5-2)14-9-10-14/h13-14,17H,4-12H2,1-3H3. The van der Waals surface area contributed by atoms with E-state index >= 15 is 0 Å². The van der Waals surface area contributed by atoms with Crippen LogP contribution in [-0.4, -0.2) is 48.7 Å². The fraction of sp³-hybridized carbons (Fsp3) is 0.938. The van der Waals surface area contributed by atoms with Gasteiger partial charge in [-0.05, 0) is 58.0 Å². The smallest absolute Gasteiger partial charge is 0.327 e. The predicted molar refractivity (Wildman–Crippen MR) is 80.7 cm³/mol. The van der Waals surface area contributed by atoms with Crippen LogP contribution >= 0.6 is 0 Å². The molecule has 4 heteroatoms. The van der Waals surface area contributed by atoms with Gasteiger partial charge in [-0.3, -0.25) is 4.90 Å². The molecule has 4 nitrogen and oxygen atoms in total. The molecular weight excluding hydrogens is 252 g/mol. The van der Waals surface area contributed by atoms with Gasteiger partial charge >= 0.3 is 5.97 Å². The Bertz CT molecular complexity index is 326. The molecule has 1 N–H and O–H groups in total. The highest BCUT2D eigenvalue weighted by Crippen LogP contribution is 2.42. The minimum absolute atomic E-state index is 0.0324. The molecule has 2 rings (SSSR count). The number of carbonyl (C=O) groups excluding carboxylic acids is 1. The van der Waals surface area contributed by atoms with Gasteiger partial charge in [-0.2, -0.15) is 0 Å². The summed E-state index contributed by atoms with van der Waals surface area (Å²) in [5.41, 5.74) is -0.468. The molecular formula is C16H30N2O2. The van der Waals surface area contributed by atoms with E-state index in [-0.39, 0.29) is 5.97 Å². The van der Waals surface area contributed by atoms with E-state index < -0.39 is 5.54 Å². The number of likely N-dealkylation sites (N-methyl/N-ethyl adjacent to an activating group) is 1. The first-order valence-corrected chi connectivity index (χ1v) is 8.34. The lowest BCUT2D eigenvalue weighted by molar-refractivity contribution is -0.153. The third kappa shape index (κ3) is 3.53. The second-order valence-electron chi connectivity index (χ2n) is 6.19. The SMILES string of the molecule is CCCNC(CN(CC)C1CC1)(C(=O)OCC)C1CC1. The van der Waals surface area contributed by atoms with Crippen LogP contribution in [0.25, 0.3) is 0 Å². The molecule has 0 radical (unpaired) electrons. The first-order chi connectivity index (χ1) is 9.67. The first kappa shape index (κ1) is 15.8. The molecule has 20 heavy (non-hydrogen) atoms. The van der Waals surface area contributed by atoms with E-state index in [1.807, 2.05) is 6.92 Å². The Kier molecular flexibility index (Phi) is 5.44. The van der Waals surface area contributed by atoms with E-state index in [9.17, 15) is 4.79 Å². The number of hydrogen-bond donors (Lipinski definition) is 1. The number of esters is 1. The molecule has 0 aromatic rings. The molecule has 116 valence electrons. The molecule has 0 aromatic carbocycles. The highest BCUT2D eigenvalue weighted by atomic mass is 16.5. The fourth-order valence-corrected chi connectivity index (χ4v) is 3.08. The van der Waals surface area contributed by atoms with Crippen LogP contribution in [0.4, 0.5) is 0 Å². The molecule has 1 unspecified atom stereocenters. The van der Waals surface area contributed by atoms with Crippen LogP contribution < -0.4 is 5.32 Å². The highest BCUT2D eigenvalue weighted by Gasteiger charge is 2.53. The molecule has 1 atom stereocenters. The van der Waals surface area contributed by atoms with E-state index in [1.54, 1.807) is 0 Å². The summed E-state index contributed by atoms with van der Waals surface area (Å²) in [6.07, 6.45) is 5.91. The maximum atomic E-state index is 12.6. The summed E-state index contributed by atoms with van der Waals surface area (Å²) in [6.45, 7) is 9.43. The molecule has 0 spiro atoms. The molecule has 0 heterocycles. The van der Waals surface area contributed by atoms with E-state index in [1.165, 1.54) is 12.8 Å². The number of nitrogens with zero attached hydrogens (tertiary/aromatic N) is 1. The lowest BCUT2D eigenvalue weighted by atomic mass is 9.91. The Labute approximate surface area is 123 Å². The van der Waals surface area contributed by atoms with Crippen molar-refractivity contribution in [1.82, 2.24) is 10.2 Å². The van der Waals surface area contributed by atoms with Gasteiger partial charge in [0.05, 0.1) is 6.61 Å². The van der Waals surface area contributed by atoms with Gasteiger partial charge in [-0.25, -0.2) is 4.79 Å². The predicted octanol–water partition coefficient (Wildman–Crippen LogP) is 2.18. The van der Waals surface area contributed by atoms with Gasteiger partial charge in [0, 0.05) is 12.6 Å². The van der Waals surface area contributed by atoms with Gasteiger partial charge in [-0.1, -0.05) is 13.8 Å². The second-order valence-corrected chi connectivity index (χ2v) is 6.19. The van der Waals surface area contributed by atoms with Crippen molar-refractivity contribution in [2.24, 2.45) is 5.92 Å². The lowest BCUT2D eigenvalue weighted by Gasteiger charge is -2.37. The highest BCUT2D eigenvalue weighted by molar-refractivity contribution is 5.82. The Morgan fingerprint density at radius 1 is 1.25 bits per heavy atom. The Hall–Kier alpha value is -0.610. The molecule has 0 amide bonds. The van der Waals surface area contributed by atoms with Crippen molar-refractivity contribution in [2.45, 2.75) is 64.5 Å². The second kappa shape index (κ2) is 6.90. The summed E-state index contributed by atoms with van der Waals surface area (Å²) >= 11 is 0. The summed E-state index contributed by atoms with van der Waals surface area (Å²) in [5, 5.41) is 3.56. The van der Waals surface area contributed by atoms with Crippen molar-refractivity contribution in [2.75, 3.05) is 26.2 Å². The van der Waals surface area contributed by atoms with Crippen LogP contribution in [0.2, 0.25) is 0 Å². The van der Waals surface area contributed by atoms with Gasteiger partial charge < -0.3 is 10.1 Å². The summed E-state index contributed by atoms with van der Waals surface area (Å²) in [5.74, 6) is 0.427. The summed E-state index contributed by atoms with van der Waals surface area (Å²) < 4.78 is 5.42. The summed E-state index contributed by atoms with van der Waals surface area (Å²) in [4.78, 5) is 15.1. The van der Waals surface area contributed by atoms with Crippen LogP contribution in [0.3, 0.4) is 0 Å². The van der Waals surface area contributed by atoms with Crippen LogP contribution in [0.5, 0.6) is 0 Å².